The van der Waals surface area contributed by atoms with Crippen molar-refractivity contribution in [3.63, 3.8) is 0 Å². The molecule has 0 aliphatic heterocycles. The molecule has 9 rings (SSSR count). The van der Waals surface area contributed by atoms with Crippen LogP contribution >= 0.6 is 0 Å². The first kappa shape index (κ1) is 26.2. The third-order valence-electron chi connectivity index (χ3n) is 8.91. The zero-order valence-electron chi connectivity index (χ0n) is 25.0. The molecule has 0 radical (unpaired) electrons. The maximum atomic E-state index is 6.28. The van der Waals surface area contributed by atoms with Gasteiger partial charge in [-0.2, -0.15) is 0 Å². The summed E-state index contributed by atoms with van der Waals surface area (Å²) in [6.45, 7) is 0. The quantitative estimate of drug-likeness (QED) is 0.187. The van der Waals surface area contributed by atoms with E-state index in [2.05, 4.69) is 138 Å². The summed E-state index contributed by atoms with van der Waals surface area (Å²) in [4.78, 5) is 7.18. The third-order valence-corrected chi connectivity index (χ3v) is 8.91. The zero-order valence-corrected chi connectivity index (χ0v) is 25.0. The first-order chi connectivity index (χ1) is 22.8. The van der Waals surface area contributed by atoms with Crippen LogP contribution in [0.25, 0.3) is 65.7 Å². The summed E-state index contributed by atoms with van der Waals surface area (Å²) in [5, 5.41) is 7.11. The molecule has 46 heavy (non-hydrogen) atoms. The van der Waals surface area contributed by atoms with Crippen LogP contribution in [0.5, 0.6) is 0 Å². The lowest BCUT2D eigenvalue weighted by atomic mass is 9.93. The average Bonchev–Trinajstić information content (AvgIpc) is 3.50. The van der Waals surface area contributed by atoms with Gasteiger partial charge in [0.25, 0.3) is 0 Å². The Bertz CT molecular complexity index is 2510. The summed E-state index contributed by atoms with van der Waals surface area (Å²) < 4.78 is 6.28. The second-order valence-electron chi connectivity index (χ2n) is 11.6. The minimum Gasteiger partial charge on any atom is -0.456 e. The van der Waals surface area contributed by atoms with Crippen LogP contribution in [0.3, 0.4) is 0 Å². The second-order valence-corrected chi connectivity index (χ2v) is 11.6. The molecule has 0 atom stereocenters. The van der Waals surface area contributed by atoms with E-state index in [4.69, 9.17) is 9.40 Å². The Kier molecular flexibility index (Phi) is 6.14. The van der Waals surface area contributed by atoms with Gasteiger partial charge in [0.05, 0.1) is 0 Å². The fourth-order valence-corrected chi connectivity index (χ4v) is 6.66. The van der Waals surface area contributed by atoms with Gasteiger partial charge in [-0.1, -0.05) is 121 Å². The molecular formula is C43H28N2O. The smallest absolute Gasteiger partial charge is 0.141 e. The Balaban J connectivity index is 1.18. The topological polar surface area (TPSA) is 29.3 Å². The summed E-state index contributed by atoms with van der Waals surface area (Å²) in [5.74, 6) is 0.794. The number of aromatic nitrogens is 1. The van der Waals surface area contributed by atoms with Gasteiger partial charge in [-0.15, -0.1) is 0 Å². The maximum Gasteiger partial charge on any atom is 0.141 e. The highest BCUT2D eigenvalue weighted by molar-refractivity contribution is 6.13. The van der Waals surface area contributed by atoms with Gasteiger partial charge in [0.1, 0.15) is 17.0 Å². The molecule has 0 unspecified atom stereocenters. The Labute approximate surface area is 266 Å². The van der Waals surface area contributed by atoms with E-state index in [0.717, 1.165) is 39.1 Å². The number of furan rings is 1. The number of rotatable bonds is 5. The highest BCUT2D eigenvalue weighted by Gasteiger charge is 2.18. The SMILES string of the molecule is c1ccc(-c2ccc(N(c3ccc(-c4cc5ccccc5c5ccccc45)cc3)c3cc4oc5ccccc5c4cn3)cc2)cc1. The van der Waals surface area contributed by atoms with Crippen LogP contribution in [-0.2, 0) is 0 Å². The number of nitrogens with zero attached hydrogens (tertiary/aromatic N) is 2. The Morgan fingerprint density at radius 2 is 1.00 bits per heavy atom. The second kappa shape index (κ2) is 10.8. The Morgan fingerprint density at radius 1 is 0.413 bits per heavy atom. The van der Waals surface area contributed by atoms with E-state index >= 15 is 0 Å². The van der Waals surface area contributed by atoms with Crippen molar-refractivity contribution in [3.8, 4) is 22.3 Å². The summed E-state index contributed by atoms with van der Waals surface area (Å²) in [5.41, 5.74) is 8.47. The molecule has 0 saturated carbocycles. The van der Waals surface area contributed by atoms with Gasteiger partial charge in [0.2, 0.25) is 0 Å². The van der Waals surface area contributed by atoms with Gasteiger partial charge in [-0.3, -0.25) is 4.90 Å². The minimum atomic E-state index is 0.794. The van der Waals surface area contributed by atoms with Crippen molar-refractivity contribution in [2.45, 2.75) is 0 Å². The van der Waals surface area contributed by atoms with Crippen molar-refractivity contribution in [3.05, 3.63) is 170 Å². The third kappa shape index (κ3) is 4.41. The molecule has 0 N–H and O–H groups in total. The monoisotopic (exact) mass is 588 g/mol. The fraction of sp³-hybridized carbons (Fsp3) is 0. The maximum absolute atomic E-state index is 6.28. The van der Waals surface area contributed by atoms with E-state index in [1.807, 2.05) is 36.5 Å². The van der Waals surface area contributed by atoms with E-state index in [9.17, 15) is 0 Å². The van der Waals surface area contributed by atoms with Crippen LogP contribution in [0, 0.1) is 0 Å². The number of fused-ring (bicyclic) bond motifs is 6. The summed E-state index contributed by atoms with van der Waals surface area (Å²) in [6.07, 6.45) is 1.93. The lowest BCUT2D eigenvalue weighted by Crippen LogP contribution is -2.11. The van der Waals surface area contributed by atoms with Crippen molar-refractivity contribution < 1.29 is 4.42 Å². The number of hydrogen-bond donors (Lipinski definition) is 0. The molecule has 0 fully saturated rings. The molecule has 0 aliphatic rings. The predicted octanol–water partition coefficient (Wildman–Crippen LogP) is 12.1. The number of hydrogen-bond acceptors (Lipinski definition) is 3. The van der Waals surface area contributed by atoms with Crippen LogP contribution in [0.15, 0.2) is 174 Å². The lowest BCUT2D eigenvalue weighted by Gasteiger charge is -2.25. The van der Waals surface area contributed by atoms with Crippen LogP contribution in [0.2, 0.25) is 0 Å². The van der Waals surface area contributed by atoms with E-state index < -0.39 is 0 Å². The Hall–Kier alpha value is -6.19. The number of para-hydroxylation sites is 1. The molecule has 0 saturated heterocycles. The van der Waals surface area contributed by atoms with Crippen molar-refractivity contribution in [2.24, 2.45) is 0 Å². The predicted molar refractivity (Wildman–Crippen MR) is 192 cm³/mol. The first-order valence-electron chi connectivity index (χ1n) is 15.5. The molecule has 9 aromatic rings. The summed E-state index contributed by atoms with van der Waals surface area (Å²) in [7, 11) is 0. The van der Waals surface area contributed by atoms with Gasteiger partial charge in [-0.05, 0) is 80.2 Å². The molecule has 0 spiro atoms. The number of anilines is 3. The van der Waals surface area contributed by atoms with Crippen molar-refractivity contribution in [1.29, 1.82) is 0 Å². The molecule has 216 valence electrons. The van der Waals surface area contributed by atoms with E-state index in [1.165, 1.54) is 43.8 Å². The first-order valence-corrected chi connectivity index (χ1v) is 15.5. The molecule has 0 aliphatic carbocycles. The van der Waals surface area contributed by atoms with Crippen LogP contribution in [0.4, 0.5) is 17.2 Å². The molecule has 7 aromatic carbocycles. The average molecular weight is 589 g/mol. The van der Waals surface area contributed by atoms with Crippen LogP contribution < -0.4 is 4.90 Å². The Morgan fingerprint density at radius 3 is 1.76 bits per heavy atom. The van der Waals surface area contributed by atoms with Crippen molar-refractivity contribution in [2.75, 3.05) is 4.90 Å². The van der Waals surface area contributed by atoms with Gasteiger partial charge in [-0.25, -0.2) is 4.98 Å². The van der Waals surface area contributed by atoms with Gasteiger partial charge < -0.3 is 4.42 Å². The molecular weight excluding hydrogens is 560 g/mol. The van der Waals surface area contributed by atoms with E-state index in [0.29, 0.717) is 0 Å². The number of pyridine rings is 1. The van der Waals surface area contributed by atoms with Crippen LogP contribution in [-0.4, -0.2) is 4.98 Å². The number of benzene rings is 7. The van der Waals surface area contributed by atoms with Gasteiger partial charge in [0.15, 0.2) is 0 Å². The fourth-order valence-electron chi connectivity index (χ4n) is 6.66. The molecule has 0 amide bonds. The molecule has 3 nitrogen and oxygen atoms in total. The van der Waals surface area contributed by atoms with Gasteiger partial charge >= 0.3 is 0 Å². The highest BCUT2D eigenvalue weighted by atomic mass is 16.3. The zero-order chi connectivity index (χ0) is 30.5. The molecule has 2 heterocycles. The minimum absolute atomic E-state index is 0.794. The van der Waals surface area contributed by atoms with Gasteiger partial charge in [0, 0.05) is 34.4 Å². The largest absolute Gasteiger partial charge is 0.456 e. The normalized spacial score (nSPS) is 11.5. The lowest BCUT2D eigenvalue weighted by molar-refractivity contribution is 0.668. The standard InChI is InChI=1S/C43H28N2O/c1-2-10-29(11-3-1)30-18-22-33(23-19-30)45(43-27-42-40(28-44-43)38-16-8-9-17-41(38)46-42)34-24-20-31(21-25-34)39-26-32-12-4-5-13-35(32)36-14-6-7-15-37(36)39/h1-28H. The summed E-state index contributed by atoms with van der Waals surface area (Å²) in [6, 6.07) is 57.7. The van der Waals surface area contributed by atoms with Crippen molar-refractivity contribution in [1.82, 2.24) is 4.98 Å². The van der Waals surface area contributed by atoms with E-state index in [1.54, 1.807) is 0 Å². The van der Waals surface area contributed by atoms with Crippen LogP contribution in [0.1, 0.15) is 0 Å². The molecule has 2 aromatic heterocycles. The molecule has 3 heteroatoms. The highest BCUT2D eigenvalue weighted by Crippen LogP contribution is 2.40. The summed E-state index contributed by atoms with van der Waals surface area (Å²) >= 11 is 0. The van der Waals surface area contributed by atoms with Crippen molar-refractivity contribution >= 4 is 60.7 Å². The molecule has 0 bridgehead atoms. The van der Waals surface area contributed by atoms with E-state index in [-0.39, 0.29) is 0 Å².